The molecule has 3 aromatic carbocycles. The number of carbonyl (C=O) groups excluding carboxylic acids is 3. The third-order valence-corrected chi connectivity index (χ3v) is 9.21. The van der Waals surface area contributed by atoms with Gasteiger partial charge in [0.05, 0.1) is 11.3 Å². The summed E-state index contributed by atoms with van der Waals surface area (Å²) in [7, 11) is 2.10. The fourth-order valence-corrected chi connectivity index (χ4v) is 6.58. The Labute approximate surface area is 268 Å². The molecule has 0 saturated carbocycles. The number of likely N-dealkylation sites (tertiary alicyclic amines) is 2. The molecule has 1 aromatic heterocycles. The van der Waals surface area contributed by atoms with Gasteiger partial charge in [0.25, 0.3) is 17.7 Å². The highest BCUT2D eigenvalue weighted by Crippen LogP contribution is 2.32. The predicted molar refractivity (Wildman–Crippen MR) is 176 cm³/mol. The van der Waals surface area contributed by atoms with E-state index in [1.165, 1.54) is 0 Å². The molecule has 9 heteroatoms. The maximum absolute atomic E-state index is 13.4. The van der Waals surface area contributed by atoms with Gasteiger partial charge in [0, 0.05) is 65.6 Å². The van der Waals surface area contributed by atoms with E-state index in [9.17, 15) is 14.4 Å². The van der Waals surface area contributed by atoms with Gasteiger partial charge in [0.2, 0.25) is 0 Å². The van der Waals surface area contributed by atoms with E-state index in [0.717, 1.165) is 41.8 Å². The minimum Gasteiger partial charge on any atom is -0.366 e. The molecule has 3 N–H and O–H groups in total. The van der Waals surface area contributed by atoms with E-state index in [4.69, 9.17) is 17.3 Å². The highest BCUT2D eigenvalue weighted by atomic mass is 35.5. The van der Waals surface area contributed by atoms with Crippen LogP contribution in [0.15, 0.2) is 85.1 Å². The van der Waals surface area contributed by atoms with Gasteiger partial charge in [-0.2, -0.15) is 0 Å². The predicted octanol–water partition coefficient (Wildman–Crippen LogP) is 5.48. The average molecular weight is 622 g/mol. The number of nitrogens with one attached hydrogen (secondary N) is 1. The SMILES string of the molecule is CN1CCC(CNC(=O)c2ccc(-c3cnc([C@@H]4CCN(C(=O)c5ccc(-c6ccccc6Cl)cc5)C4)c(C(N)=O)c3)cc2)C1. The molecule has 2 saturated heterocycles. The molecule has 230 valence electrons. The van der Waals surface area contributed by atoms with Crippen molar-refractivity contribution in [1.82, 2.24) is 20.1 Å². The van der Waals surface area contributed by atoms with Crippen molar-refractivity contribution in [3.8, 4) is 22.3 Å². The number of primary amides is 1. The number of aromatic nitrogens is 1. The van der Waals surface area contributed by atoms with Crippen molar-refractivity contribution in [1.29, 1.82) is 0 Å². The van der Waals surface area contributed by atoms with Gasteiger partial charge < -0.3 is 20.9 Å². The Morgan fingerprint density at radius 1 is 0.889 bits per heavy atom. The van der Waals surface area contributed by atoms with Crippen LogP contribution in [-0.4, -0.2) is 72.3 Å². The number of rotatable bonds is 8. The number of hydrogen-bond donors (Lipinski definition) is 2. The molecule has 2 fully saturated rings. The van der Waals surface area contributed by atoms with Crippen molar-refractivity contribution < 1.29 is 14.4 Å². The molecular formula is C36H36ClN5O3. The summed E-state index contributed by atoms with van der Waals surface area (Å²) in [5.74, 6) is -0.363. The van der Waals surface area contributed by atoms with E-state index >= 15 is 0 Å². The smallest absolute Gasteiger partial charge is 0.253 e. The van der Waals surface area contributed by atoms with Crippen LogP contribution >= 0.6 is 11.6 Å². The summed E-state index contributed by atoms with van der Waals surface area (Å²) in [4.78, 5) is 47.3. The zero-order valence-electron chi connectivity index (χ0n) is 25.2. The summed E-state index contributed by atoms with van der Waals surface area (Å²) in [6, 6.07) is 24.1. The van der Waals surface area contributed by atoms with Crippen LogP contribution in [0.5, 0.6) is 0 Å². The summed E-state index contributed by atoms with van der Waals surface area (Å²) in [5.41, 5.74) is 11.4. The van der Waals surface area contributed by atoms with Crippen molar-refractivity contribution in [2.24, 2.45) is 11.7 Å². The molecular weight excluding hydrogens is 586 g/mol. The quantitative estimate of drug-likeness (QED) is 0.271. The number of carbonyl (C=O) groups is 3. The highest BCUT2D eigenvalue weighted by Gasteiger charge is 2.31. The molecule has 0 radical (unpaired) electrons. The maximum atomic E-state index is 13.4. The first-order chi connectivity index (χ1) is 21.8. The maximum Gasteiger partial charge on any atom is 0.253 e. The molecule has 2 aliphatic heterocycles. The van der Waals surface area contributed by atoms with Crippen LogP contribution in [0.2, 0.25) is 5.02 Å². The fraction of sp³-hybridized carbons (Fsp3) is 0.278. The average Bonchev–Trinajstić information content (AvgIpc) is 3.73. The fourth-order valence-electron chi connectivity index (χ4n) is 6.34. The largest absolute Gasteiger partial charge is 0.366 e. The molecule has 45 heavy (non-hydrogen) atoms. The van der Waals surface area contributed by atoms with Crippen molar-refractivity contribution >= 4 is 29.3 Å². The second-order valence-corrected chi connectivity index (χ2v) is 12.4. The number of benzene rings is 3. The number of halogens is 1. The van der Waals surface area contributed by atoms with Crippen LogP contribution in [0.4, 0.5) is 0 Å². The van der Waals surface area contributed by atoms with Gasteiger partial charge in [-0.1, -0.05) is 54.1 Å². The molecule has 3 heterocycles. The Hall–Kier alpha value is -4.53. The van der Waals surface area contributed by atoms with Crippen molar-refractivity contribution in [3.05, 3.63) is 112 Å². The molecule has 4 aromatic rings. The monoisotopic (exact) mass is 621 g/mol. The lowest BCUT2D eigenvalue weighted by atomic mass is 9.95. The Kier molecular flexibility index (Phi) is 8.96. The molecule has 0 spiro atoms. The zero-order valence-corrected chi connectivity index (χ0v) is 26.0. The molecule has 3 amide bonds. The van der Waals surface area contributed by atoms with E-state index in [-0.39, 0.29) is 17.7 Å². The third-order valence-electron chi connectivity index (χ3n) is 8.88. The van der Waals surface area contributed by atoms with E-state index in [2.05, 4.69) is 22.2 Å². The highest BCUT2D eigenvalue weighted by molar-refractivity contribution is 6.33. The number of nitrogens with two attached hydrogens (primary N) is 1. The van der Waals surface area contributed by atoms with E-state index < -0.39 is 5.91 Å². The number of hydrogen-bond acceptors (Lipinski definition) is 5. The van der Waals surface area contributed by atoms with Crippen LogP contribution in [-0.2, 0) is 0 Å². The Bertz CT molecular complexity index is 1720. The normalized spacial score (nSPS) is 18.2. The van der Waals surface area contributed by atoms with Crippen molar-refractivity contribution in [2.45, 2.75) is 18.8 Å². The van der Waals surface area contributed by atoms with E-state index in [0.29, 0.717) is 59.4 Å². The van der Waals surface area contributed by atoms with Gasteiger partial charge in [-0.15, -0.1) is 0 Å². The second kappa shape index (κ2) is 13.2. The summed E-state index contributed by atoms with van der Waals surface area (Å²) in [6.07, 6.45) is 3.50. The Balaban J connectivity index is 1.11. The summed E-state index contributed by atoms with van der Waals surface area (Å²) in [6.45, 7) is 3.72. The standard InChI is InChI=1S/C36H36ClN5O3/c1-41-16-14-23(21-41)19-40-35(44)26-10-6-24(7-11-26)29-18-31(34(38)43)33(39-20-29)28-15-17-42(22-28)36(45)27-12-8-25(9-13-27)30-4-2-3-5-32(30)37/h2-13,18,20,23,28H,14-17,19,21-22H2,1H3,(H2,38,43)(H,40,44)/t23?,28-/m1/s1. The van der Waals surface area contributed by atoms with Gasteiger partial charge in [-0.25, -0.2) is 0 Å². The summed E-state index contributed by atoms with van der Waals surface area (Å²) in [5, 5.41) is 3.70. The number of pyridine rings is 1. The first kappa shape index (κ1) is 30.5. The first-order valence-corrected chi connectivity index (χ1v) is 15.7. The minimum atomic E-state index is -0.562. The summed E-state index contributed by atoms with van der Waals surface area (Å²) >= 11 is 6.34. The minimum absolute atomic E-state index is 0.0693. The molecule has 0 aliphatic carbocycles. The third kappa shape index (κ3) is 6.77. The van der Waals surface area contributed by atoms with Gasteiger partial charge >= 0.3 is 0 Å². The van der Waals surface area contributed by atoms with Crippen LogP contribution in [0.1, 0.15) is 55.5 Å². The lowest BCUT2D eigenvalue weighted by Crippen LogP contribution is -2.30. The van der Waals surface area contributed by atoms with Gasteiger partial charge in [0.1, 0.15) is 0 Å². The van der Waals surface area contributed by atoms with E-state index in [1.54, 1.807) is 29.3 Å². The van der Waals surface area contributed by atoms with Crippen LogP contribution in [0.25, 0.3) is 22.3 Å². The molecule has 2 atom stereocenters. The molecule has 0 bridgehead atoms. The molecule has 6 rings (SSSR count). The van der Waals surface area contributed by atoms with E-state index in [1.807, 2.05) is 60.7 Å². The van der Waals surface area contributed by atoms with Crippen LogP contribution < -0.4 is 11.1 Å². The lowest BCUT2D eigenvalue weighted by Gasteiger charge is -2.18. The number of nitrogens with zero attached hydrogens (tertiary/aromatic N) is 3. The van der Waals surface area contributed by atoms with Crippen LogP contribution in [0.3, 0.4) is 0 Å². The van der Waals surface area contributed by atoms with Crippen molar-refractivity contribution in [3.63, 3.8) is 0 Å². The first-order valence-electron chi connectivity index (χ1n) is 15.3. The molecule has 8 nitrogen and oxygen atoms in total. The van der Waals surface area contributed by atoms with Crippen molar-refractivity contribution in [2.75, 3.05) is 39.8 Å². The van der Waals surface area contributed by atoms with Gasteiger partial charge in [-0.3, -0.25) is 19.4 Å². The van der Waals surface area contributed by atoms with Gasteiger partial charge in [0.15, 0.2) is 0 Å². The Morgan fingerprint density at radius 2 is 1.60 bits per heavy atom. The summed E-state index contributed by atoms with van der Waals surface area (Å²) < 4.78 is 0. The molecule has 1 unspecified atom stereocenters. The van der Waals surface area contributed by atoms with Crippen LogP contribution in [0, 0.1) is 5.92 Å². The Morgan fingerprint density at radius 3 is 2.29 bits per heavy atom. The topological polar surface area (TPSA) is 109 Å². The molecule has 2 aliphatic rings. The lowest BCUT2D eigenvalue weighted by molar-refractivity contribution is 0.0790. The van der Waals surface area contributed by atoms with Gasteiger partial charge in [-0.05, 0) is 79.9 Å². The zero-order chi connectivity index (χ0) is 31.5. The second-order valence-electron chi connectivity index (χ2n) is 12.0. The number of amides is 3.